The van der Waals surface area contributed by atoms with E-state index in [-0.39, 0.29) is 11.2 Å². The fraction of sp³-hybridized carbons (Fsp3) is 0.190. The number of ether oxygens (including phenoxy) is 1. The number of benzene rings is 2. The molecule has 0 aliphatic carbocycles. The number of carbonyl (C=O) groups is 2. The van der Waals surface area contributed by atoms with Crippen LogP contribution in [-0.2, 0) is 16.6 Å². The summed E-state index contributed by atoms with van der Waals surface area (Å²) >= 11 is 1.56. The number of nitrogens with one attached hydrogen (secondary N) is 1. The number of para-hydroxylation sites is 1. The molecule has 0 saturated heterocycles. The number of hydrogen-bond acceptors (Lipinski definition) is 5. The number of anilines is 1. The molecule has 3 rings (SSSR count). The molecule has 0 spiro atoms. The van der Waals surface area contributed by atoms with Gasteiger partial charge in [-0.15, -0.1) is 11.8 Å². The van der Waals surface area contributed by atoms with Crippen molar-refractivity contribution in [2.75, 3.05) is 18.2 Å². The first-order valence-electron chi connectivity index (χ1n) is 8.87. The lowest BCUT2D eigenvalue weighted by Gasteiger charge is -2.07. The van der Waals surface area contributed by atoms with Crippen molar-refractivity contribution in [3.8, 4) is 5.69 Å². The van der Waals surface area contributed by atoms with Gasteiger partial charge in [0.15, 0.2) is 6.61 Å². The van der Waals surface area contributed by atoms with Gasteiger partial charge >= 0.3 is 5.97 Å². The Bertz CT molecular complexity index is 1090. The molecule has 0 aliphatic rings. The van der Waals surface area contributed by atoms with Gasteiger partial charge in [-0.2, -0.15) is 0 Å². The van der Waals surface area contributed by atoms with Crippen LogP contribution in [-0.4, -0.2) is 34.1 Å². The standard InChI is InChI=1S/C21H21N3O4S/c1-14-19(20(26)24(23(14)2)16-7-5-4-6-8-16)22-18(25)13-28-21(27)15-9-11-17(29-3)12-10-15/h4-12H,13H2,1-3H3,(H,22,25). The molecular formula is C21H21N3O4S. The first-order valence-corrected chi connectivity index (χ1v) is 10.1. The Morgan fingerprint density at radius 1 is 1.07 bits per heavy atom. The van der Waals surface area contributed by atoms with Crippen LogP contribution in [0.1, 0.15) is 16.1 Å². The van der Waals surface area contributed by atoms with E-state index in [0.29, 0.717) is 16.9 Å². The van der Waals surface area contributed by atoms with Gasteiger partial charge in [-0.05, 0) is 49.6 Å². The van der Waals surface area contributed by atoms with Crippen LogP contribution < -0.4 is 10.9 Å². The number of nitrogens with zero attached hydrogens (tertiary/aromatic N) is 2. The first kappa shape index (κ1) is 20.5. The Morgan fingerprint density at radius 3 is 2.34 bits per heavy atom. The van der Waals surface area contributed by atoms with Crippen LogP contribution in [0.25, 0.3) is 5.69 Å². The van der Waals surface area contributed by atoms with Crippen molar-refractivity contribution < 1.29 is 14.3 Å². The lowest BCUT2D eigenvalue weighted by atomic mass is 10.2. The molecule has 1 heterocycles. The Kier molecular flexibility index (Phi) is 6.23. The molecule has 29 heavy (non-hydrogen) atoms. The largest absolute Gasteiger partial charge is 0.452 e. The number of amides is 1. The van der Waals surface area contributed by atoms with Crippen molar-refractivity contribution in [3.63, 3.8) is 0 Å². The van der Waals surface area contributed by atoms with Gasteiger partial charge in [0.25, 0.3) is 11.5 Å². The summed E-state index contributed by atoms with van der Waals surface area (Å²) < 4.78 is 8.19. The summed E-state index contributed by atoms with van der Waals surface area (Å²) in [5.41, 5.74) is 1.43. The molecule has 1 aromatic heterocycles. The van der Waals surface area contributed by atoms with Crippen LogP contribution >= 0.6 is 11.8 Å². The monoisotopic (exact) mass is 411 g/mol. The second-order valence-corrected chi connectivity index (χ2v) is 7.17. The average molecular weight is 411 g/mol. The van der Waals surface area contributed by atoms with E-state index in [9.17, 15) is 14.4 Å². The van der Waals surface area contributed by atoms with E-state index in [1.54, 1.807) is 66.8 Å². The minimum atomic E-state index is -0.598. The van der Waals surface area contributed by atoms with E-state index in [1.807, 2.05) is 24.5 Å². The highest BCUT2D eigenvalue weighted by molar-refractivity contribution is 7.98. The molecule has 0 saturated carbocycles. The number of rotatable bonds is 6. The Labute approximate surface area is 172 Å². The Balaban J connectivity index is 1.69. The van der Waals surface area contributed by atoms with Gasteiger partial charge in [-0.1, -0.05) is 18.2 Å². The predicted octanol–water partition coefficient (Wildman–Crippen LogP) is 3.00. The predicted molar refractivity (Wildman–Crippen MR) is 113 cm³/mol. The summed E-state index contributed by atoms with van der Waals surface area (Å²) in [4.78, 5) is 38.2. The molecule has 1 N–H and O–H groups in total. The van der Waals surface area contributed by atoms with Crippen LogP contribution in [0, 0.1) is 6.92 Å². The molecule has 1 amide bonds. The molecule has 2 aromatic carbocycles. The van der Waals surface area contributed by atoms with Crippen molar-refractivity contribution in [3.05, 3.63) is 76.2 Å². The van der Waals surface area contributed by atoms with Gasteiger partial charge in [0.2, 0.25) is 0 Å². The normalized spacial score (nSPS) is 10.6. The maximum atomic E-state index is 12.8. The summed E-state index contributed by atoms with van der Waals surface area (Å²) in [5, 5.41) is 2.56. The molecule has 150 valence electrons. The zero-order valence-corrected chi connectivity index (χ0v) is 17.2. The molecule has 8 heteroatoms. The van der Waals surface area contributed by atoms with Crippen LogP contribution in [0.2, 0.25) is 0 Å². The average Bonchev–Trinajstić information content (AvgIpc) is 2.95. The zero-order valence-electron chi connectivity index (χ0n) is 16.3. The van der Waals surface area contributed by atoms with Crippen molar-refractivity contribution in [2.24, 2.45) is 7.05 Å². The topological polar surface area (TPSA) is 82.3 Å². The minimum absolute atomic E-state index is 0.154. The lowest BCUT2D eigenvalue weighted by Crippen LogP contribution is -2.25. The van der Waals surface area contributed by atoms with E-state index in [2.05, 4.69) is 5.32 Å². The smallest absolute Gasteiger partial charge is 0.338 e. The third-order valence-electron chi connectivity index (χ3n) is 4.48. The van der Waals surface area contributed by atoms with Gasteiger partial charge in [-0.25, -0.2) is 9.48 Å². The first-order chi connectivity index (χ1) is 13.9. The summed E-state index contributed by atoms with van der Waals surface area (Å²) in [6.45, 7) is 1.25. The van der Waals surface area contributed by atoms with E-state index >= 15 is 0 Å². The van der Waals surface area contributed by atoms with Gasteiger partial charge in [0.05, 0.1) is 16.9 Å². The molecule has 0 fully saturated rings. The van der Waals surface area contributed by atoms with Crippen LogP contribution in [0.5, 0.6) is 0 Å². The summed E-state index contributed by atoms with van der Waals surface area (Å²) in [7, 11) is 1.73. The van der Waals surface area contributed by atoms with Crippen molar-refractivity contribution in [1.29, 1.82) is 0 Å². The minimum Gasteiger partial charge on any atom is -0.452 e. The maximum absolute atomic E-state index is 12.8. The van der Waals surface area contributed by atoms with Gasteiger partial charge < -0.3 is 10.1 Å². The Hall–Kier alpha value is -3.26. The van der Waals surface area contributed by atoms with Crippen molar-refractivity contribution >= 4 is 29.3 Å². The summed E-state index contributed by atoms with van der Waals surface area (Å²) in [6.07, 6.45) is 1.94. The molecule has 0 radical (unpaired) electrons. The fourth-order valence-electron chi connectivity index (χ4n) is 2.83. The number of hydrogen-bond donors (Lipinski definition) is 1. The van der Waals surface area contributed by atoms with E-state index < -0.39 is 18.5 Å². The fourth-order valence-corrected chi connectivity index (χ4v) is 3.24. The SMILES string of the molecule is CSc1ccc(C(=O)OCC(=O)Nc2c(C)n(C)n(-c3ccccc3)c2=O)cc1. The quantitative estimate of drug-likeness (QED) is 0.498. The van der Waals surface area contributed by atoms with Crippen molar-refractivity contribution in [1.82, 2.24) is 9.36 Å². The molecule has 3 aromatic rings. The number of carbonyl (C=O) groups excluding carboxylic acids is 2. The second-order valence-electron chi connectivity index (χ2n) is 6.29. The number of aromatic nitrogens is 2. The van der Waals surface area contributed by atoms with Crippen LogP contribution in [0.15, 0.2) is 64.3 Å². The van der Waals surface area contributed by atoms with Gasteiger partial charge in [-0.3, -0.25) is 14.3 Å². The van der Waals surface area contributed by atoms with Crippen molar-refractivity contribution in [2.45, 2.75) is 11.8 Å². The Morgan fingerprint density at radius 2 is 1.72 bits per heavy atom. The number of thioether (sulfide) groups is 1. The second kappa shape index (κ2) is 8.83. The molecule has 0 bridgehead atoms. The van der Waals surface area contributed by atoms with Gasteiger partial charge in [0, 0.05) is 11.9 Å². The van der Waals surface area contributed by atoms with E-state index in [4.69, 9.17) is 4.74 Å². The van der Waals surface area contributed by atoms with Crippen LogP contribution in [0.3, 0.4) is 0 Å². The highest BCUT2D eigenvalue weighted by atomic mass is 32.2. The molecule has 7 nitrogen and oxygen atoms in total. The highest BCUT2D eigenvalue weighted by Crippen LogP contribution is 2.16. The summed E-state index contributed by atoms with van der Waals surface area (Å²) in [5.74, 6) is -1.18. The van der Waals surface area contributed by atoms with Gasteiger partial charge in [0.1, 0.15) is 5.69 Å². The molecule has 0 atom stereocenters. The highest BCUT2D eigenvalue weighted by Gasteiger charge is 2.19. The van der Waals surface area contributed by atoms with E-state index in [0.717, 1.165) is 4.90 Å². The van der Waals surface area contributed by atoms with Crippen LogP contribution in [0.4, 0.5) is 5.69 Å². The molecule has 0 unspecified atom stereocenters. The lowest BCUT2D eigenvalue weighted by molar-refractivity contribution is -0.119. The number of esters is 1. The molecule has 0 aliphatic heterocycles. The molecular weight excluding hydrogens is 390 g/mol. The summed E-state index contributed by atoms with van der Waals surface area (Å²) in [6, 6.07) is 16.0. The zero-order chi connectivity index (χ0) is 21.0. The third-order valence-corrected chi connectivity index (χ3v) is 5.22. The van der Waals surface area contributed by atoms with E-state index in [1.165, 1.54) is 4.68 Å². The third kappa shape index (κ3) is 4.43. The maximum Gasteiger partial charge on any atom is 0.338 e.